The largest absolute Gasteiger partial charge is 0.478 e. The van der Waals surface area contributed by atoms with E-state index in [9.17, 15) is 15.0 Å². The zero-order chi connectivity index (χ0) is 62.8. The maximum atomic E-state index is 10.9. The number of nitriles is 1. The van der Waals surface area contributed by atoms with E-state index < -0.39 is 17.2 Å². The number of thioether (sulfide) groups is 4. The molecule has 6 fully saturated rings. The number of aromatic nitrogens is 6. The third-order valence-electron chi connectivity index (χ3n) is 19.4. The molecule has 14 rings (SSSR count). The average Bonchev–Trinajstić information content (AvgIpc) is 2.25. The first kappa shape index (κ1) is 67.5. The quantitative estimate of drug-likeness (QED) is 0.0513. The summed E-state index contributed by atoms with van der Waals surface area (Å²) in [6.07, 6.45) is 35.7. The molecule has 6 aliphatic rings. The summed E-state index contributed by atoms with van der Waals surface area (Å²) in [5.74, 6) is 3.72. The molecule has 7 heterocycles. The lowest BCUT2D eigenvalue weighted by Crippen LogP contribution is -2.46. The van der Waals surface area contributed by atoms with Crippen molar-refractivity contribution in [3.63, 3.8) is 0 Å². The van der Waals surface area contributed by atoms with Crippen LogP contribution in [0.5, 0.6) is 0 Å². The van der Waals surface area contributed by atoms with E-state index in [1.807, 2.05) is 108 Å². The van der Waals surface area contributed by atoms with Crippen molar-refractivity contribution < 1.29 is 24.9 Å². The van der Waals surface area contributed by atoms with Crippen LogP contribution in [0.2, 0.25) is 0 Å². The molecule has 1 aliphatic heterocycles. The minimum absolute atomic E-state index is 0. The molecule has 0 unspecified atom stereocenters. The summed E-state index contributed by atoms with van der Waals surface area (Å²) >= 11 is 7.67. The fourth-order valence-electron chi connectivity index (χ4n) is 11.0. The van der Waals surface area contributed by atoms with E-state index in [1.165, 1.54) is 126 Å². The normalized spacial score (nSPS) is 17.8. The van der Waals surface area contributed by atoms with Gasteiger partial charge < -0.3 is 20.1 Å². The topological polar surface area (TPSA) is 188 Å². The summed E-state index contributed by atoms with van der Waals surface area (Å²) in [6, 6.07) is 34.0. The molecule has 0 amide bonds. The average molecular weight is 1290 g/mol. The molecule has 3 N–H and O–H groups in total. The molecule has 5 aliphatic carbocycles. The number of hydrogen-bond donors (Lipinski definition) is 3. The summed E-state index contributed by atoms with van der Waals surface area (Å²) in [5.41, 5.74) is 12.0. The van der Waals surface area contributed by atoms with Gasteiger partial charge in [-0.3, -0.25) is 29.9 Å². The Hall–Kier alpha value is -6.42. The van der Waals surface area contributed by atoms with Crippen LogP contribution in [0.3, 0.4) is 0 Å². The number of carbonyl (C=O) groups is 1. The van der Waals surface area contributed by atoms with Crippen molar-refractivity contribution in [2.75, 3.05) is 36.2 Å². The fourth-order valence-corrected chi connectivity index (χ4v) is 16.7. The van der Waals surface area contributed by atoms with Gasteiger partial charge in [-0.2, -0.15) is 5.26 Å². The molecule has 16 heteroatoms. The highest BCUT2D eigenvalue weighted by atomic mass is 32.2. The summed E-state index contributed by atoms with van der Waals surface area (Å²) in [5, 5.41) is 38.4. The van der Waals surface area contributed by atoms with Crippen LogP contribution in [-0.4, -0.2) is 87.4 Å². The van der Waals surface area contributed by atoms with Crippen LogP contribution in [0.15, 0.2) is 179 Å². The van der Waals surface area contributed by atoms with Gasteiger partial charge in [-0.15, -0.1) is 47.0 Å². The molecule has 0 radical (unpaired) electrons. The fraction of sp³-hybridized carbons (Fsp3) is 0.413. The van der Waals surface area contributed by atoms with Crippen molar-refractivity contribution >= 4 is 53.0 Å². The standard InChI is InChI=1S/C20H23NO2S.C20H23NOS.C17H17N3S.C17H18N2O2S.CH4/c1-2-19(8-9-19)14-24-18-7-10-21-11-17(18)15-3-5-16(6-4-15)20(22)12-23-13-20;1-2-19(8-9-19)14-23-18-7-12-21-13-17(18)15-3-5-16(6-4-15)20(22)10-11-20;1-2-17(6-7-17)12-21-16-5-8-19-11-14(16)15-4-3-13(9-18)10-20-15;1-2-17(6-7-17)11-22-15-5-8-18-10-13(15)14-4-3-12(9-19-14)16(20)21;/h3-7,10-11,22H,2,8-9,12-14H2,1H3;3-7,12-13,22H,2,8-11,14H2,1H3;3-5,8,10-11H,2,6-7,12H2,1H3;3-5,8-10H,2,6-7,11H2,1H3,(H,20,21);1H4. The lowest BCUT2D eigenvalue weighted by molar-refractivity contribution is -0.184. The monoisotopic (exact) mass is 1290 g/mol. The molecule has 0 atom stereocenters. The summed E-state index contributed by atoms with van der Waals surface area (Å²) in [6.45, 7) is 9.92. The Bertz CT molecular complexity index is 3760. The predicted octanol–water partition coefficient (Wildman–Crippen LogP) is 18.3. The van der Waals surface area contributed by atoms with Gasteiger partial charge in [0.1, 0.15) is 11.7 Å². The second-order valence-corrected chi connectivity index (χ2v) is 29.6. The van der Waals surface area contributed by atoms with E-state index >= 15 is 0 Å². The molecule has 474 valence electrons. The number of aliphatic hydroxyl groups is 2. The Balaban J connectivity index is 0.000000133. The lowest BCUT2D eigenvalue weighted by atomic mass is 9.91. The highest BCUT2D eigenvalue weighted by molar-refractivity contribution is 8.00. The molecule has 0 spiro atoms. The molecule has 12 nitrogen and oxygen atoms in total. The highest BCUT2D eigenvalue weighted by Gasteiger charge is 2.44. The Kier molecular flexibility index (Phi) is 22.0. The smallest absolute Gasteiger partial charge is 0.337 e. The van der Waals surface area contributed by atoms with Crippen molar-refractivity contribution in [3.05, 3.63) is 181 Å². The van der Waals surface area contributed by atoms with Crippen molar-refractivity contribution in [3.8, 4) is 50.8 Å². The van der Waals surface area contributed by atoms with Crippen LogP contribution in [0, 0.1) is 33.0 Å². The second kappa shape index (κ2) is 29.7. The Morgan fingerprint density at radius 3 is 1.10 bits per heavy atom. The zero-order valence-electron chi connectivity index (χ0n) is 52.1. The van der Waals surface area contributed by atoms with Crippen molar-refractivity contribution in [2.45, 2.75) is 156 Å². The second-order valence-electron chi connectivity index (χ2n) is 25.5. The van der Waals surface area contributed by atoms with Crippen LogP contribution >= 0.6 is 47.0 Å². The Labute approximate surface area is 555 Å². The molecule has 91 heavy (non-hydrogen) atoms. The first-order chi connectivity index (χ1) is 43.7. The molecular formula is C75H85N7O5S4. The van der Waals surface area contributed by atoms with Gasteiger partial charge in [0.25, 0.3) is 0 Å². The predicted molar refractivity (Wildman–Crippen MR) is 371 cm³/mol. The molecule has 1 saturated heterocycles. The van der Waals surface area contributed by atoms with Crippen molar-refractivity contribution in [1.82, 2.24) is 29.9 Å². The maximum absolute atomic E-state index is 10.9. The van der Waals surface area contributed by atoms with Gasteiger partial charge in [-0.25, -0.2) is 4.79 Å². The lowest BCUT2D eigenvalue weighted by Gasteiger charge is -2.36. The van der Waals surface area contributed by atoms with E-state index in [2.05, 4.69) is 118 Å². The summed E-state index contributed by atoms with van der Waals surface area (Å²) < 4.78 is 5.14. The third kappa shape index (κ3) is 17.1. The first-order valence-corrected chi connectivity index (χ1v) is 35.7. The van der Waals surface area contributed by atoms with Gasteiger partial charge in [0, 0.05) is 127 Å². The maximum Gasteiger partial charge on any atom is 0.337 e. The summed E-state index contributed by atoms with van der Waals surface area (Å²) in [7, 11) is 0. The summed E-state index contributed by atoms with van der Waals surface area (Å²) in [4.78, 5) is 41.6. The van der Waals surface area contributed by atoms with Gasteiger partial charge >= 0.3 is 5.97 Å². The SMILES string of the molecule is C.CCC1(CSc2ccncc2-c2ccc(C#N)cn2)CC1.CCC1(CSc2ccncc2-c2ccc(C(=O)O)cn2)CC1.CCC1(CSc2ccncc2-c2ccc(C3(O)CC3)cc2)CC1.CCC1(CSc2ccncc2-c2ccc(C3(O)COC3)cc2)CC1. The van der Waals surface area contributed by atoms with Crippen LogP contribution < -0.4 is 0 Å². The van der Waals surface area contributed by atoms with Crippen LogP contribution in [0.1, 0.15) is 152 Å². The molecule has 5 saturated carbocycles. The van der Waals surface area contributed by atoms with Gasteiger partial charge in [0.2, 0.25) is 0 Å². The minimum atomic E-state index is -0.960. The molecule has 8 aromatic rings. The van der Waals surface area contributed by atoms with Gasteiger partial charge in [-0.05, 0) is 182 Å². The highest BCUT2D eigenvalue weighted by Crippen LogP contribution is 2.55. The molecule has 0 bridgehead atoms. The first-order valence-electron chi connectivity index (χ1n) is 31.8. The van der Waals surface area contributed by atoms with E-state index in [0.29, 0.717) is 40.4 Å². The number of ether oxygens (including phenoxy) is 1. The van der Waals surface area contributed by atoms with Crippen molar-refractivity contribution in [2.24, 2.45) is 21.7 Å². The number of carboxylic acids is 1. The minimum Gasteiger partial charge on any atom is -0.478 e. The van der Waals surface area contributed by atoms with E-state index in [4.69, 9.17) is 15.1 Å². The van der Waals surface area contributed by atoms with E-state index in [0.717, 1.165) is 68.4 Å². The van der Waals surface area contributed by atoms with Gasteiger partial charge in [0.15, 0.2) is 0 Å². The van der Waals surface area contributed by atoms with Gasteiger partial charge in [-0.1, -0.05) is 83.7 Å². The van der Waals surface area contributed by atoms with E-state index in [1.54, 1.807) is 36.8 Å². The zero-order valence-corrected chi connectivity index (χ0v) is 55.3. The van der Waals surface area contributed by atoms with E-state index in [-0.39, 0.29) is 13.0 Å². The van der Waals surface area contributed by atoms with Crippen molar-refractivity contribution in [1.29, 1.82) is 5.26 Å². The molecular weight excluding hydrogens is 1210 g/mol. The number of aromatic carboxylic acids is 1. The number of nitrogens with zero attached hydrogens (tertiary/aromatic N) is 7. The van der Waals surface area contributed by atoms with Gasteiger partial charge in [0.05, 0.1) is 41.3 Å². The molecule has 2 aromatic carbocycles. The number of rotatable bonds is 23. The Morgan fingerprint density at radius 1 is 0.462 bits per heavy atom. The Morgan fingerprint density at radius 2 is 0.813 bits per heavy atom. The number of benzene rings is 2. The number of hydrogen-bond acceptors (Lipinski definition) is 15. The number of carboxylic acid groups (broad SMARTS) is 1. The van der Waals surface area contributed by atoms with Crippen LogP contribution in [-0.2, 0) is 15.9 Å². The third-order valence-corrected chi connectivity index (χ3v) is 25.1. The van der Waals surface area contributed by atoms with Crippen LogP contribution in [0.25, 0.3) is 44.8 Å². The number of pyridine rings is 6. The molecule has 6 aromatic heterocycles. The van der Waals surface area contributed by atoms with Crippen LogP contribution in [0.4, 0.5) is 0 Å².